The molecule has 0 aromatic rings. The molecule has 0 radical (unpaired) electrons. The van der Waals surface area contributed by atoms with E-state index in [1.807, 2.05) is 0 Å². The maximum atomic E-state index is 9.90. The Kier molecular flexibility index (Phi) is 2.14. The first-order chi connectivity index (χ1) is 3.85. The monoisotopic (exact) mass is 133 g/mol. The Morgan fingerprint density at radius 3 is 1.89 bits per heavy atom. The van der Waals surface area contributed by atoms with Crippen molar-refractivity contribution in [2.75, 3.05) is 0 Å². The van der Waals surface area contributed by atoms with Crippen molar-refractivity contribution in [2.24, 2.45) is 5.41 Å². The lowest BCUT2D eigenvalue weighted by Crippen LogP contribution is -2.33. The minimum atomic E-state index is -1.46. The molecule has 0 aliphatic carbocycles. The quantitative estimate of drug-likeness (QED) is 0.324. The molecule has 4 nitrogen and oxygen atoms in total. The molecule has 4 heteroatoms. The van der Waals surface area contributed by atoms with E-state index < -0.39 is 16.6 Å². The molecule has 0 heterocycles. The molecule has 0 fully saturated rings. The van der Waals surface area contributed by atoms with E-state index in [2.05, 4.69) is 0 Å². The zero-order valence-electron chi connectivity index (χ0n) is 5.79. The molecule has 0 aromatic heterocycles. The maximum Gasteiger partial charge on any atom is 0.317 e. The van der Waals surface area contributed by atoms with Crippen LogP contribution >= 0.6 is 0 Å². The number of aliphatic hydroxyl groups excluding tert-OH is 1. The molecular weight excluding hydrogens is 122 g/mol. The Balaban J connectivity index is 4.04. The highest BCUT2D eigenvalue weighted by Gasteiger charge is 2.31. The molecule has 0 aliphatic heterocycles. The molecule has 0 spiro atoms. The fourth-order valence-electron chi connectivity index (χ4n) is 0.316. The van der Waals surface area contributed by atoms with Crippen LogP contribution in [0.15, 0.2) is 0 Å². The predicted octanol–water partition coefficient (Wildman–Crippen LogP) is 0.628. The molecule has 0 bridgehead atoms. The summed E-state index contributed by atoms with van der Waals surface area (Å²) in [5.41, 5.74) is -0.663. The van der Waals surface area contributed by atoms with Crippen molar-refractivity contribution >= 4 is 0 Å². The van der Waals surface area contributed by atoms with E-state index in [4.69, 9.17) is 5.11 Å². The number of hydrogen-bond acceptors (Lipinski definition) is 3. The van der Waals surface area contributed by atoms with Gasteiger partial charge in [0.25, 0.3) is 0 Å². The first kappa shape index (κ1) is 8.36. The number of rotatable bonds is 1. The third-order valence-corrected chi connectivity index (χ3v) is 0.974. The predicted molar refractivity (Wildman–Crippen MR) is 32.5 cm³/mol. The first-order valence-corrected chi connectivity index (χ1v) is 2.67. The third kappa shape index (κ3) is 2.41. The maximum absolute atomic E-state index is 9.90. The van der Waals surface area contributed by atoms with Gasteiger partial charge in [0.1, 0.15) is 0 Å². The topological polar surface area (TPSA) is 63.4 Å². The summed E-state index contributed by atoms with van der Waals surface area (Å²) in [5.74, 6) is 0. The standard InChI is InChI=1S/C5H11NO3/c1-5(2,3)4(7)6(8)9/h4,7H,1-3H3. The lowest BCUT2D eigenvalue weighted by Gasteiger charge is -2.17. The molecule has 9 heavy (non-hydrogen) atoms. The van der Waals surface area contributed by atoms with Gasteiger partial charge in [-0.3, -0.25) is 10.1 Å². The van der Waals surface area contributed by atoms with Crippen LogP contribution in [0.25, 0.3) is 0 Å². The highest BCUT2D eigenvalue weighted by molar-refractivity contribution is 4.62. The number of aliphatic hydroxyl groups is 1. The number of nitrogens with zero attached hydrogens (tertiary/aromatic N) is 1. The van der Waals surface area contributed by atoms with Crippen LogP contribution in [0, 0.1) is 15.5 Å². The van der Waals surface area contributed by atoms with Crippen molar-refractivity contribution in [1.82, 2.24) is 0 Å². The van der Waals surface area contributed by atoms with Gasteiger partial charge < -0.3 is 5.11 Å². The summed E-state index contributed by atoms with van der Waals surface area (Å²) in [6.07, 6.45) is -1.46. The van der Waals surface area contributed by atoms with Crippen LogP contribution < -0.4 is 0 Å². The minimum Gasteiger partial charge on any atom is -0.333 e. The molecule has 0 aromatic carbocycles. The summed E-state index contributed by atoms with van der Waals surface area (Å²) in [4.78, 5) is 9.21. The molecule has 0 saturated heterocycles. The molecule has 0 amide bonds. The third-order valence-electron chi connectivity index (χ3n) is 0.974. The summed E-state index contributed by atoms with van der Waals surface area (Å²) in [7, 11) is 0. The smallest absolute Gasteiger partial charge is 0.317 e. The van der Waals surface area contributed by atoms with Crippen molar-refractivity contribution in [3.05, 3.63) is 10.1 Å². The van der Waals surface area contributed by atoms with Gasteiger partial charge in [-0.25, -0.2) is 0 Å². The summed E-state index contributed by atoms with van der Waals surface area (Å²) in [6.45, 7) is 4.83. The van der Waals surface area contributed by atoms with Crippen LogP contribution in [0.5, 0.6) is 0 Å². The van der Waals surface area contributed by atoms with Gasteiger partial charge in [0.15, 0.2) is 0 Å². The Hall–Kier alpha value is -0.640. The molecule has 1 unspecified atom stereocenters. The van der Waals surface area contributed by atoms with Crippen molar-refractivity contribution < 1.29 is 10.0 Å². The van der Waals surface area contributed by atoms with Crippen molar-refractivity contribution in [2.45, 2.75) is 27.0 Å². The largest absolute Gasteiger partial charge is 0.333 e. The van der Waals surface area contributed by atoms with Crippen LogP contribution in [0.1, 0.15) is 20.8 Å². The van der Waals surface area contributed by atoms with E-state index in [9.17, 15) is 10.1 Å². The van der Waals surface area contributed by atoms with E-state index in [1.54, 1.807) is 20.8 Å². The van der Waals surface area contributed by atoms with E-state index in [1.165, 1.54) is 0 Å². The van der Waals surface area contributed by atoms with Gasteiger partial charge in [-0.05, 0) is 0 Å². The second-order valence-corrected chi connectivity index (χ2v) is 3.03. The fraction of sp³-hybridized carbons (Fsp3) is 1.00. The average molecular weight is 133 g/mol. The second-order valence-electron chi connectivity index (χ2n) is 3.03. The molecule has 0 saturated carbocycles. The van der Waals surface area contributed by atoms with Crippen LogP contribution in [-0.2, 0) is 0 Å². The zero-order chi connectivity index (χ0) is 7.65. The number of nitro groups is 1. The molecule has 0 rings (SSSR count). The van der Waals surface area contributed by atoms with Crippen LogP contribution in [-0.4, -0.2) is 16.3 Å². The van der Waals surface area contributed by atoms with Gasteiger partial charge in [0.2, 0.25) is 0 Å². The molecular formula is C5H11NO3. The summed E-state index contributed by atoms with van der Waals surface area (Å²) in [6, 6.07) is 0. The average Bonchev–Trinajstić information content (AvgIpc) is 1.62. The van der Waals surface area contributed by atoms with Gasteiger partial charge in [-0.1, -0.05) is 20.8 Å². The normalized spacial score (nSPS) is 15.1. The van der Waals surface area contributed by atoms with Gasteiger partial charge in [-0.2, -0.15) is 0 Å². The van der Waals surface area contributed by atoms with Gasteiger partial charge in [-0.15, -0.1) is 0 Å². The van der Waals surface area contributed by atoms with E-state index in [0.29, 0.717) is 0 Å². The van der Waals surface area contributed by atoms with Gasteiger partial charge in [0.05, 0.1) is 10.3 Å². The zero-order valence-corrected chi connectivity index (χ0v) is 5.79. The molecule has 54 valence electrons. The summed E-state index contributed by atoms with van der Waals surface area (Å²) in [5, 5.41) is 18.7. The summed E-state index contributed by atoms with van der Waals surface area (Å²) >= 11 is 0. The summed E-state index contributed by atoms with van der Waals surface area (Å²) < 4.78 is 0. The SMILES string of the molecule is CC(C)(C)C(O)[N+](=O)[O-]. The Bertz CT molecular complexity index is 116. The lowest BCUT2D eigenvalue weighted by molar-refractivity contribution is -0.589. The highest BCUT2D eigenvalue weighted by Crippen LogP contribution is 2.18. The van der Waals surface area contributed by atoms with E-state index in [0.717, 1.165) is 0 Å². The fourth-order valence-corrected chi connectivity index (χ4v) is 0.316. The van der Waals surface area contributed by atoms with E-state index in [-0.39, 0.29) is 0 Å². The minimum absolute atomic E-state index is 0.663. The Morgan fingerprint density at radius 1 is 1.56 bits per heavy atom. The molecule has 1 atom stereocenters. The Morgan fingerprint density at radius 2 is 1.89 bits per heavy atom. The van der Waals surface area contributed by atoms with Crippen molar-refractivity contribution in [3.8, 4) is 0 Å². The molecule has 0 aliphatic rings. The Labute approximate surface area is 53.6 Å². The number of hydrogen-bond donors (Lipinski definition) is 1. The first-order valence-electron chi connectivity index (χ1n) is 2.67. The second kappa shape index (κ2) is 2.31. The van der Waals surface area contributed by atoms with Crippen LogP contribution in [0.4, 0.5) is 0 Å². The van der Waals surface area contributed by atoms with Crippen LogP contribution in [0.2, 0.25) is 0 Å². The van der Waals surface area contributed by atoms with Gasteiger partial charge >= 0.3 is 6.23 Å². The molecule has 1 N–H and O–H groups in total. The van der Waals surface area contributed by atoms with Crippen molar-refractivity contribution in [1.29, 1.82) is 0 Å². The highest BCUT2D eigenvalue weighted by atomic mass is 16.7. The van der Waals surface area contributed by atoms with Gasteiger partial charge in [0, 0.05) is 0 Å². The van der Waals surface area contributed by atoms with Crippen LogP contribution in [0.3, 0.4) is 0 Å². The van der Waals surface area contributed by atoms with E-state index >= 15 is 0 Å². The van der Waals surface area contributed by atoms with Crippen molar-refractivity contribution in [3.63, 3.8) is 0 Å². The lowest BCUT2D eigenvalue weighted by atomic mass is 9.95.